The summed E-state index contributed by atoms with van der Waals surface area (Å²) in [4.78, 5) is 30.8. The number of hydrogen-bond donors (Lipinski definition) is 1. The van der Waals surface area contributed by atoms with Crippen LogP contribution < -0.4 is 14.8 Å². The Kier molecular flexibility index (Phi) is 5.76. The first kappa shape index (κ1) is 23.0. The Hall–Kier alpha value is -4.38. The third-order valence-electron chi connectivity index (χ3n) is 7.27. The quantitative estimate of drug-likeness (QED) is 0.517. The number of nitrogens with one attached hydrogen (secondary N) is 1. The number of esters is 1. The predicted molar refractivity (Wildman–Crippen MR) is 136 cm³/mol. The number of allylic oxidation sites excluding steroid dienone is 1. The number of nitrogens with zero attached hydrogens (tertiary/aromatic N) is 2. The number of carbonyl (C=O) groups excluding carboxylic acids is 2. The summed E-state index contributed by atoms with van der Waals surface area (Å²) in [6.07, 6.45) is 6.43. The minimum Gasteiger partial charge on any atom is -0.454 e. The summed E-state index contributed by atoms with van der Waals surface area (Å²) in [5.41, 5.74) is 3.83. The predicted octanol–water partition coefficient (Wildman–Crippen LogP) is 4.56. The number of nitriles is 1. The molecule has 0 unspecified atom stereocenters. The molecule has 2 heterocycles. The first-order chi connectivity index (χ1) is 18.0. The zero-order valence-electron chi connectivity index (χ0n) is 20.2. The molecule has 1 saturated carbocycles. The van der Waals surface area contributed by atoms with Gasteiger partial charge in [-0.05, 0) is 79.5 Å². The van der Waals surface area contributed by atoms with Crippen LogP contribution in [-0.2, 0) is 16.0 Å². The first-order valence-corrected chi connectivity index (χ1v) is 12.5. The number of carbonyl (C=O) groups is 2. The van der Waals surface area contributed by atoms with E-state index in [1.807, 2.05) is 42.5 Å². The summed E-state index contributed by atoms with van der Waals surface area (Å²) in [5.74, 6) is 0.403. The Morgan fingerprint density at radius 3 is 2.76 bits per heavy atom. The molecule has 3 aliphatic rings. The first-order valence-electron chi connectivity index (χ1n) is 12.5. The molecule has 8 heteroatoms. The number of para-hydroxylation sites is 1. The van der Waals surface area contributed by atoms with Gasteiger partial charge in [0.1, 0.15) is 5.54 Å². The molecule has 0 atom stereocenters. The Bertz CT molecular complexity index is 1500. The largest absolute Gasteiger partial charge is 0.454 e. The van der Waals surface area contributed by atoms with E-state index in [-0.39, 0.29) is 6.79 Å². The monoisotopic (exact) mass is 495 g/mol. The molecule has 1 aromatic heterocycles. The van der Waals surface area contributed by atoms with Crippen molar-refractivity contribution >= 4 is 34.4 Å². The fourth-order valence-electron chi connectivity index (χ4n) is 5.47. The van der Waals surface area contributed by atoms with Crippen LogP contribution >= 0.6 is 0 Å². The van der Waals surface area contributed by atoms with Gasteiger partial charge in [0.15, 0.2) is 18.1 Å². The number of aromatic nitrogens is 1. The van der Waals surface area contributed by atoms with Gasteiger partial charge < -0.3 is 19.5 Å². The van der Waals surface area contributed by atoms with Crippen LogP contribution in [-0.4, -0.2) is 35.8 Å². The highest BCUT2D eigenvalue weighted by Crippen LogP contribution is 2.39. The van der Waals surface area contributed by atoms with Gasteiger partial charge in [-0.1, -0.05) is 24.3 Å². The molecule has 0 radical (unpaired) electrons. The zero-order chi connectivity index (χ0) is 25.4. The number of amides is 1. The highest BCUT2D eigenvalue weighted by molar-refractivity contribution is 6.07. The number of fused-ring (bicyclic) bond motifs is 3. The maximum atomic E-state index is 13.4. The molecule has 0 saturated heterocycles. The molecule has 2 aliphatic carbocycles. The van der Waals surface area contributed by atoms with E-state index in [4.69, 9.17) is 19.2 Å². The Labute approximate surface area is 213 Å². The fourth-order valence-corrected chi connectivity index (χ4v) is 5.47. The minimum absolute atomic E-state index is 0.215. The smallest absolute Gasteiger partial charge is 0.339 e. The maximum Gasteiger partial charge on any atom is 0.339 e. The van der Waals surface area contributed by atoms with Crippen molar-refractivity contribution in [1.29, 1.82) is 5.26 Å². The van der Waals surface area contributed by atoms with Crippen LogP contribution in [0.25, 0.3) is 22.6 Å². The number of pyridine rings is 1. The van der Waals surface area contributed by atoms with E-state index in [0.29, 0.717) is 41.5 Å². The summed E-state index contributed by atoms with van der Waals surface area (Å²) in [5, 5.41) is 13.0. The van der Waals surface area contributed by atoms with Crippen LogP contribution in [0.15, 0.2) is 42.5 Å². The standard InChI is InChI=1S/C29H25N3O5/c30-16-29(11-3-4-12-29)32-25(33)15-35-28(34)26-20-5-1-2-6-22(20)31-27-19(8-9-21(26)27)13-18-7-10-23-24(14-18)37-17-36-23/h1-2,5-7,10,13-14H,3-4,8-9,11-12,15,17H2,(H,32,33)/b19-13+. The molecule has 37 heavy (non-hydrogen) atoms. The van der Waals surface area contributed by atoms with Gasteiger partial charge in [0, 0.05) is 5.39 Å². The third-order valence-corrected chi connectivity index (χ3v) is 7.27. The number of rotatable bonds is 5. The Balaban J connectivity index is 1.29. The number of hydrogen-bond acceptors (Lipinski definition) is 7. The molecular weight excluding hydrogens is 470 g/mol. The molecule has 0 spiro atoms. The molecule has 0 bridgehead atoms. The lowest BCUT2D eigenvalue weighted by molar-refractivity contribution is -0.125. The van der Waals surface area contributed by atoms with Crippen LogP contribution in [0.5, 0.6) is 11.5 Å². The molecule has 1 amide bonds. The van der Waals surface area contributed by atoms with E-state index in [0.717, 1.165) is 47.4 Å². The number of ether oxygens (including phenoxy) is 3. The van der Waals surface area contributed by atoms with Crippen molar-refractivity contribution in [2.75, 3.05) is 13.4 Å². The normalized spacial score (nSPS) is 18.0. The summed E-state index contributed by atoms with van der Waals surface area (Å²) in [7, 11) is 0. The molecular formula is C29H25N3O5. The molecule has 3 aromatic rings. The molecule has 8 nitrogen and oxygen atoms in total. The van der Waals surface area contributed by atoms with Crippen LogP contribution in [0.1, 0.15) is 59.3 Å². The number of benzene rings is 2. The molecule has 186 valence electrons. The molecule has 2 aromatic carbocycles. The van der Waals surface area contributed by atoms with Crippen molar-refractivity contribution < 1.29 is 23.8 Å². The van der Waals surface area contributed by atoms with Crippen LogP contribution in [0, 0.1) is 11.3 Å². The van der Waals surface area contributed by atoms with E-state index in [1.165, 1.54) is 0 Å². The van der Waals surface area contributed by atoms with Crippen molar-refractivity contribution in [3.8, 4) is 17.6 Å². The minimum atomic E-state index is -0.859. The van der Waals surface area contributed by atoms with Gasteiger partial charge >= 0.3 is 5.97 Å². The van der Waals surface area contributed by atoms with E-state index in [9.17, 15) is 14.9 Å². The molecule has 1 N–H and O–H groups in total. The van der Waals surface area contributed by atoms with Gasteiger partial charge in [0.2, 0.25) is 6.79 Å². The van der Waals surface area contributed by atoms with E-state index in [1.54, 1.807) is 0 Å². The summed E-state index contributed by atoms with van der Waals surface area (Å²) < 4.78 is 16.4. The van der Waals surface area contributed by atoms with Gasteiger partial charge in [-0.3, -0.25) is 4.79 Å². The SMILES string of the molecule is N#CC1(NC(=O)COC(=O)c2c3c(nc4ccccc24)/C(=C/c2ccc4c(c2)OCO4)CC3)CCCC1. The Morgan fingerprint density at radius 1 is 1.11 bits per heavy atom. The van der Waals surface area contributed by atoms with Crippen molar-refractivity contribution in [3.05, 3.63) is 64.8 Å². The maximum absolute atomic E-state index is 13.4. The third kappa shape index (κ3) is 4.27. The molecule has 6 rings (SSSR count). The summed E-state index contributed by atoms with van der Waals surface area (Å²) in [6.45, 7) is -0.222. The van der Waals surface area contributed by atoms with Gasteiger partial charge in [-0.25, -0.2) is 9.78 Å². The second-order valence-electron chi connectivity index (χ2n) is 9.64. The van der Waals surface area contributed by atoms with Crippen LogP contribution in [0.4, 0.5) is 0 Å². The van der Waals surface area contributed by atoms with E-state index >= 15 is 0 Å². The molecule has 1 aliphatic heterocycles. The lowest BCUT2D eigenvalue weighted by Gasteiger charge is -2.21. The van der Waals surface area contributed by atoms with E-state index < -0.39 is 24.0 Å². The van der Waals surface area contributed by atoms with Gasteiger partial charge in [-0.2, -0.15) is 5.26 Å². The van der Waals surface area contributed by atoms with Crippen molar-refractivity contribution in [3.63, 3.8) is 0 Å². The van der Waals surface area contributed by atoms with Crippen molar-refractivity contribution in [2.24, 2.45) is 0 Å². The second kappa shape index (κ2) is 9.25. The van der Waals surface area contributed by atoms with Crippen LogP contribution in [0.3, 0.4) is 0 Å². The topological polar surface area (TPSA) is 111 Å². The van der Waals surface area contributed by atoms with Gasteiger partial charge in [0.05, 0.1) is 22.8 Å². The molecule has 1 fully saturated rings. The van der Waals surface area contributed by atoms with E-state index in [2.05, 4.69) is 17.5 Å². The summed E-state index contributed by atoms with van der Waals surface area (Å²) in [6, 6.07) is 15.5. The lowest BCUT2D eigenvalue weighted by Crippen LogP contribution is -2.46. The average Bonchev–Trinajstić information content (AvgIpc) is 3.66. The lowest BCUT2D eigenvalue weighted by atomic mass is 10.00. The van der Waals surface area contributed by atoms with Gasteiger partial charge in [-0.15, -0.1) is 0 Å². The average molecular weight is 496 g/mol. The van der Waals surface area contributed by atoms with Crippen LogP contribution in [0.2, 0.25) is 0 Å². The Morgan fingerprint density at radius 2 is 1.92 bits per heavy atom. The zero-order valence-corrected chi connectivity index (χ0v) is 20.2. The summed E-state index contributed by atoms with van der Waals surface area (Å²) >= 11 is 0. The van der Waals surface area contributed by atoms with Gasteiger partial charge in [0.25, 0.3) is 5.91 Å². The van der Waals surface area contributed by atoms with Crippen molar-refractivity contribution in [1.82, 2.24) is 10.3 Å². The van der Waals surface area contributed by atoms with Crippen molar-refractivity contribution in [2.45, 2.75) is 44.1 Å². The highest BCUT2D eigenvalue weighted by atomic mass is 16.7. The highest BCUT2D eigenvalue weighted by Gasteiger charge is 2.36. The second-order valence-corrected chi connectivity index (χ2v) is 9.64. The fraction of sp³-hybridized carbons (Fsp3) is 0.310.